The summed E-state index contributed by atoms with van der Waals surface area (Å²) in [5, 5.41) is 13.3. The van der Waals surface area contributed by atoms with Crippen LogP contribution in [0.15, 0.2) is 47.6 Å². The molecule has 0 saturated heterocycles. The first-order chi connectivity index (χ1) is 12.3. The average molecular weight is 351 g/mol. The third-order valence-electron chi connectivity index (χ3n) is 5.17. The van der Waals surface area contributed by atoms with Gasteiger partial charge in [0, 0.05) is 23.8 Å². The standard InChI is InChI=1S/C21H25N3O2/c1-14-12-21(2,3)24(4)19-10-5-15(11-18(14)19)13-22-23-20(26)16-6-8-17(25)9-7-16/h5-11,13-14,25H,12H2,1-4H3,(H,23,26)/b22-13+. The second-order valence-electron chi connectivity index (χ2n) is 7.54. The summed E-state index contributed by atoms with van der Waals surface area (Å²) in [4.78, 5) is 14.4. The van der Waals surface area contributed by atoms with Crippen molar-refractivity contribution in [1.82, 2.24) is 5.43 Å². The molecule has 2 aromatic carbocycles. The molecule has 1 atom stereocenters. The molecule has 0 radical (unpaired) electrons. The number of fused-ring (bicyclic) bond motifs is 1. The monoisotopic (exact) mass is 351 g/mol. The fraction of sp³-hybridized carbons (Fsp3) is 0.333. The van der Waals surface area contributed by atoms with Gasteiger partial charge in [-0.2, -0.15) is 5.10 Å². The van der Waals surface area contributed by atoms with Gasteiger partial charge in [0.2, 0.25) is 0 Å². The Bertz CT molecular complexity index is 841. The number of aromatic hydroxyl groups is 1. The number of benzene rings is 2. The van der Waals surface area contributed by atoms with Gasteiger partial charge in [0.25, 0.3) is 5.91 Å². The third-order valence-corrected chi connectivity index (χ3v) is 5.17. The maximum Gasteiger partial charge on any atom is 0.271 e. The summed E-state index contributed by atoms with van der Waals surface area (Å²) in [6, 6.07) is 12.3. The van der Waals surface area contributed by atoms with Gasteiger partial charge >= 0.3 is 0 Å². The molecule has 1 aliphatic heterocycles. The van der Waals surface area contributed by atoms with E-state index in [-0.39, 0.29) is 17.2 Å². The highest BCUT2D eigenvalue weighted by Crippen LogP contribution is 2.42. The third kappa shape index (κ3) is 3.57. The molecule has 136 valence electrons. The molecule has 0 fully saturated rings. The Morgan fingerprint density at radius 2 is 1.96 bits per heavy atom. The molecule has 1 heterocycles. The Balaban J connectivity index is 1.73. The number of phenolic OH excluding ortho intramolecular Hbond substituents is 1. The zero-order valence-corrected chi connectivity index (χ0v) is 15.7. The molecule has 0 spiro atoms. The van der Waals surface area contributed by atoms with E-state index in [1.54, 1.807) is 18.3 Å². The van der Waals surface area contributed by atoms with Crippen molar-refractivity contribution >= 4 is 17.8 Å². The molecule has 3 rings (SSSR count). The van der Waals surface area contributed by atoms with Gasteiger partial charge in [0.05, 0.1) is 6.21 Å². The topological polar surface area (TPSA) is 64.9 Å². The zero-order valence-electron chi connectivity index (χ0n) is 15.7. The molecule has 5 nitrogen and oxygen atoms in total. The Morgan fingerprint density at radius 1 is 1.27 bits per heavy atom. The van der Waals surface area contributed by atoms with Crippen LogP contribution in [-0.2, 0) is 0 Å². The maximum atomic E-state index is 12.0. The van der Waals surface area contributed by atoms with E-state index in [4.69, 9.17) is 0 Å². The molecule has 2 aromatic rings. The Hall–Kier alpha value is -2.82. The number of hydrogen-bond acceptors (Lipinski definition) is 4. The summed E-state index contributed by atoms with van der Waals surface area (Å²) in [5.41, 5.74) is 6.61. The number of carbonyl (C=O) groups is 1. The van der Waals surface area contributed by atoms with Gasteiger partial charge in [-0.25, -0.2) is 5.43 Å². The number of nitrogens with one attached hydrogen (secondary N) is 1. The van der Waals surface area contributed by atoms with Crippen LogP contribution in [0.2, 0.25) is 0 Å². The van der Waals surface area contributed by atoms with Crippen LogP contribution in [0.25, 0.3) is 0 Å². The van der Waals surface area contributed by atoms with E-state index in [1.165, 1.54) is 23.4 Å². The minimum atomic E-state index is -0.311. The summed E-state index contributed by atoms with van der Waals surface area (Å²) < 4.78 is 0. The fourth-order valence-corrected chi connectivity index (χ4v) is 3.52. The van der Waals surface area contributed by atoms with E-state index in [2.05, 4.69) is 55.4 Å². The van der Waals surface area contributed by atoms with Crippen LogP contribution in [0, 0.1) is 0 Å². The Morgan fingerprint density at radius 3 is 2.65 bits per heavy atom. The molecule has 1 aliphatic rings. The van der Waals surface area contributed by atoms with Gasteiger partial charge in [-0.15, -0.1) is 0 Å². The second kappa shape index (κ2) is 6.83. The van der Waals surface area contributed by atoms with Crippen LogP contribution in [0.5, 0.6) is 5.75 Å². The summed E-state index contributed by atoms with van der Waals surface area (Å²) in [5.74, 6) is 0.284. The number of hydrazone groups is 1. The van der Waals surface area contributed by atoms with E-state index < -0.39 is 0 Å². The number of rotatable bonds is 3. The maximum absolute atomic E-state index is 12.0. The highest BCUT2D eigenvalue weighted by molar-refractivity contribution is 5.95. The van der Waals surface area contributed by atoms with Gasteiger partial charge in [0.1, 0.15) is 5.75 Å². The number of hydrogen-bond donors (Lipinski definition) is 2. The van der Waals surface area contributed by atoms with Crippen LogP contribution in [-0.4, -0.2) is 29.8 Å². The largest absolute Gasteiger partial charge is 0.508 e. The summed E-state index contributed by atoms with van der Waals surface area (Å²) in [7, 11) is 2.14. The molecule has 5 heteroatoms. The molecule has 0 bridgehead atoms. The molecule has 26 heavy (non-hydrogen) atoms. The van der Waals surface area contributed by atoms with Crippen molar-refractivity contribution in [2.45, 2.75) is 38.6 Å². The van der Waals surface area contributed by atoms with E-state index >= 15 is 0 Å². The number of nitrogens with zero attached hydrogens (tertiary/aromatic N) is 2. The van der Waals surface area contributed by atoms with Gasteiger partial charge in [0.15, 0.2) is 0 Å². The number of phenols is 1. The summed E-state index contributed by atoms with van der Waals surface area (Å²) in [6.07, 6.45) is 2.75. The number of amides is 1. The molecule has 1 unspecified atom stereocenters. The predicted octanol–water partition coefficient (Wildman–Crippen LogP) is 3.88. The normalized spacial score (nSPS) is 18.6. The van der Waals surface area contributed by atoms with Crippen molar-refractivity contribution in [2.75, 3.05) is 11.9 Å². The molecule has 1 amide bonds. The van der Waals surface area contributed by atoms with Crippen molar-refractivity contribution in [1.29, 1.82) is 0 Å². The quantitative estimate of drug-likeness (QED) is 0.651. The van der Waals surface area contributed by atoms with E-state index in [0.29, 0.717) is 11.5 Å². The van der Waals surface area contributed by atoms with Crippen molar-refractivity contribution in [3.8, 4) is 5.75 Å². The van der Waals surface area contributed by atoms with Crippen LogP contribution >= 0.6 is 0 Å². The lowest BCUT2D eigenvalue weighted by Gasteiger charge is -2.45. The predicted molar refractivity (Wildman–Crippen MR) is 105 cm³/mol. The van der Waals surface area contributed by atoms with E-state index in [9.17, 15) is 9.90 Å². The first-order valence-electron chi connectivity index (χ1n) is 8.78. The Kier molecular flexibility index (Phi) is 4.72. The molecule has 0 aromatic heterocycles. The second-order valence-corrected chi connectivity index (χ2v) is 7.54. The SMILES string of the molecule is CC1CC(C)(C)N(C)c2ccc(/C=N/NC(=O)c3ccc(O)cc3)cc21. The van der Waals surface area contributed by atoms with Gasteiger partial charge < -0.3 is 10.0 Å². The van der Waals surface area contributed by atoms with Gasteiger partial charge in [-0.1, -0.05) is 13.0 Å². The van der Waals surface area contributed by atoms with E-state index in [1.807, 2.05) is 6.07 Å². The number of anilines is 1. The highest BCUT2D eigenvalue weighted by atomic mass is 16.3. The van der Waals surface area contributed by atoms with Crippen LogP contribution in [0.1, 0.15) is 54.6 Å². The summed E-state index contributed by atoms with van der Waals surface area (Å²) in [6.45, 7) is 6.78. The van der Waals surface area contributed by atoms with Crippen molar-refractivity contribution in [3.05, 3.63) is 59.2 Å². The summed E-state index contributed by atoms with van der Waals surface area (Å²) >= 11 is 0. The van der Waals surface area contributed by atoms with Crippen LogP contribution < -0.4 is 10.3 Å². The number of carbonyl (C=O) groups excluding carboxylic acids is 1. The molecule has 0 aliphatic carbocycles. The first kappa shape index (κ1) is 18.0. The van der Waals surface area contributed by atoms with Crippen molar-refractivity contribution in [3.63, 3.8) is 0 Å². The molecular weight excluding hydrogens is 326 g/mol. The lowest BCUT2D eigenvalue weighted by atomic mass is 9.80. The van der Waals surface area contributed by atoms with Crippen LogP contribution in [0.3, 0.4) is 0 Å². The fourth-order valence-electron chi connectivity index (χ4n) is 3.52. The lowest BCUT2D eigenvalue weighted by Crippen LogP contribution is -2.45. The molecular formula is C21H25N3O2. The Labute approximate surface area is 154 Å². The van der Waals surface area contributed by atoms with Gasteiger partial charge in [-0.3, -0.25) is 4.79 Å². The van der Waals surface area contributed by atoms with Crippen LogP contribution in [0.4, 0.5) is 5.69 Å². The zero-order chi connectivity index (χ0) is 18.9. The smallest absolute Gasteiger partial charge is 0.271 e. The first-order valence-corrected chi connectivity index (χ1v) is 8.78. The highest BCUT2D eigenvalue weighted by Gasteiger charge is 2.33. The minimum Gasteiger partial charge on any atom is -0.508 e. The van der Waals surface area contributed by atoms with E-state index in [0.717, 1.165) is 12.0 Å². The van der Waals surface area contributed by atoms with Crippen molar-refractivity contribution in [2.24, 2.45) is 5.10 Å². The lowest BCUT2D eigenvalue weighted by molar-refractivity contribution is 0.0955. The molecule has 0 saturated carbocycles. The molecule has 2 N–H and O–H groups in total. The van der Waals surface area contributed by atoms with Gasteiger partial charge in [-0.05, 0) is 73.7 Å². The minimum absolute atomic E-state index is 0.126. The average Bonchev–Trinajstić information content (AvgIpc) is 2.60. The van der Waals surface area contributed by atoms with Crippen molar-refractivity contribution < 1.29 is 9.90 Å².